The molecule has 1 aliphatic carbocycles. The SMILES string of the molecule is Cc1ccc(OCC(=O)N2CCC(n3cc(C4CC4)nn3)C2)cc1. The van der Waals surface area contributed by atoms with Crippen LogP contribution in [-0.4, -0.2) is 45.5 Å². The highest BCUT2D eigenvalue weighted by atomic mass is 16.5. The first-order chi connectivity index (χ1) is 11.7. The van der Waals surface area contributed by atoms with Crippen molar-refractivity contribution in [3.8, 4) is 5.75 Å². The van der Waals surface area contributed by atoms with E-state index in [4.69, 9.17) is 4.74 Å². The van der Waals surface area contributed by atoms with Gasteiger partial charge < -0.3 is 9.64 Å². The standard InChI is InChI=1S/C18H22N4O2/c1-13-2-6-16(7-3-13)24-12-18(23)21-9-8-15(10-21)22-11-17(19-20-22)14-4-5-14/h2-3,6-7,11,14-15H,4-5,8-10,12H2,1H3. The van der Waals surface area contributed by atoms with Crippen molar-refractivity contribution in [3.05, 3.63) is 41.7 Å². The van der Waals surface area contributed by atoms with Gasteiger partial charge >= 0.3 is 0 Å². The van der Waals surface area contributed by atoms with Gasteiger partial charge in [-0.3, -0.25) is 4.79 Å². The molecule has 6 nitrogen and oxygen atoms in total. The number of carbonyl (C=O) groups excluding carboxylic acids is 1. The van der Waals surface area contributed by atoms with Crippen molar-refractivity contribution >= 4 is 5.91 Å². The van der Waals surface area contributed by atoms with Gasteiger partial charge in [0.15, 0.2) is 6.61 Å². The lowest BCUT2D eigenvalue weighted by Gasteiger charge is -2.17. The van der Waals surface area contributed by atoms with Crippen LogP contribution in [0, 0.1) is 6.92 Å². The Bertz CT molecular complexity index is 721. The van der Waals surface area contributed by atoms with E-state index in [1.165, 1.54) is 18.4 Å². The number of amides is 1. The Labute approximate surface area is 141 Å². The second-order valence-electron chi connectivity index (χ2n) is 6.78. The van der Waals surface area contributed by atoms with Gasteiger partial charge in [0.1, 0.15) is 5.75 Å². The smallest absolute Gasteiger partial charge is 0.260 e. The quantitative estimate of drug-likeness (QED) is 0.846. The first kappa shape index (κ1) is 15.2. The van der Waals surface area contributed by atoms with Crippen LogP contribution in [0.1, 0.15) is 42.5 Å². The molecule has 2 heterocycles. The number of benzene rings is 1. The summed E-state index contributed by atoms with van der Waals surface area (Å²) in [5, 5.41) is 8.51. The second-order valence-corrected chi connectivity index (χ2v) is 6.78. The second kappa shape index (κ2) is 6.26. The number of aryl methyl sites for hydroxylation is 1. The van der Waals surface area contributed by atoms with Crippen LogP contribution in [0.25, 0.3) is 0 Å². The van der Waals surface area contributed by atoms with Crippen LogP contribution in [0.3, 0.4) is 0 Å². The molecule has 0 N–H and O–H groups in total. The Morgan fingerprint density at radius 2 is 2.04 bits per heavy atom. The van der Waals surface area contributed by atoms with Gasteiger partial charge in [0.25, 0.3) is 5.91 Å². The lowest BCUT2D eigenvalue weighted by atomic mass is 10.2. The molecule has 1 saturated carbocycles. The molecule has 0 spiro atoms. The average molecular weight is 326 g/mol. The normalized spacial score (nSPS) is 20.4. The minimum Gasteiger partial charge on any atom is -0.484 e. The summed E-state index contributed by atoms with van der Waals surface area (Å²) in [6, 6.07) is 7.98. The maximum absolute atomic E-state index is 12.3. The molecule has 6 heteroatoms. The first-order valence-electron chi connectivity index (χ1n) is 8.58. The van der Waals surface area contributed by atoms with E-state index in [9.17, 15) is 4.79 Å². The van der Waals surface area contributed by atoms with Gasteiger partial charge in [-0.1, -0.05) is 22.9 Å². The molecule has 1 amide bonds. The molecule has 1 aliphatic heterocycles. The van der Waals surface area contributed by atoms with E-state index in [1.807, 2.05) is 40.8 Å². The Balaban J connectivity index is 1.30. The van der Waals surface area contributed by atoms with Crippen LogP contribution in [-0.2, 0) is 4.79 Å². The van der Waals surface area contributed by atoms with Crippen LogP contribution < -0.4 is 4.74 Å². The number of likely N-dealkylation sites (tertiary alicyclic amines) is 1. The molecule has 1 saturated heterocycles. The number of nitrogens with zero attached hydrogens (tertiary/aromatic N) is 4. The number of hydrogen-bond acceptors (Lipinski definition) is 4. The molecule has 1 unspecified atom stereocenters. The summed E-state index contributed by atoms with van der Waals surface area (Å²) >= 11 is 0. The van der Waals surface area contributed by atoms with Gasteiger partial charge in [-0.25, -0.2) is 4.68 Å². The third-order valence-corrected chi connectivity index (χ3v) is 4.80. The number of aromatic nitrogens is 3. The molecule has 1 aromatic carbocycles. The highest BCUT2D eigenvalue weighted by molar-refractivity contribution is 5.78. The lowest BCUT2D eigenvalue weighted by molar-refractivity contribution is -0.132. The predicted octanol–water partition coefficient (Wildman–Crippen LogP) is 2.32. The van der Waals surface area contributed by atoms with Crippen molar-refractivity contribution in [1.82, 2.24) is 19.9 Å². The van der Waals surface area contributed by atoms with Crippen molar-refractivity contribution in [1.29, 1.82) is 0 Å². The molecule has 1 atom stereocenters. The van der Waals surface area contributed by atoms with Crippen LogP contribution in [0.15, 0.2) is 30.5 Å². The zero-order chi connectivity index (χ0) is 16.5. The summed E-state index contributed by atoms with van der Waals surface area (Å²) in [4.78, 5) is 14.2. The fourth-order valence-electron chi connectivity index (χ4n) is 3.09. The van der Waals surface area contributed by atoms with E-state index in [2.05, 4.69) is 16.5 Å². The third kappa shape index (κ3) is 3.27. The molecular weight excluding hydrogens is 304 g/mol. The average Bonchev–Trinajstić information content (AvgIpc) is 3.12. The Morgan fingerprint density at radius 1 is 1.25 bits per heavy atom. The van der Waals surface area contributed by atoms with E-state index in [1.54, 1.807) is 0 Å². The molecular formula is C18H22N4O2. The lowest BCUT2D eigenvalue weighted by Crippen LogP contribution is -2.33. The van der Waals surface area contributed by atoms with Gasteiger partial charge in [0.2, 0.25) is 0 Å². The highest BCUT2D eigenvalue weighted by Crippen LogP contribution is 2.39. The molecule has 2 aromatic rings. The summed E-state index contributed by atoms with van der Waals surface area (Å²) in [6.45, 7) is 3.54. The number of carbonyl (C=O) groups is 1. The molecule has 24 heavy (non-hydrogen) atoms. The Morgan fingerprint density at radius 3 is 2.79 bits per heavy atom. The minimum atomic E-state index is 0.0283. The molecule has 126 valence electrons. The van der Waals surface area contributed by atoms with Gasteiger partial charge in [-0.15, -0.1) is 5.10 Å². The van der Waals surface area contributed by atoms with E-state index < -0.39 is 0 Å². The monoisotopic (exact) mass is 326 g/mol. The summed E-state index contributed by atoms with van der Waals surface area (Å²) in [5.41, 5.74) is 2.27. The van der Waals surface area contributed by atoms with Crippen molar-refractivity contribution in [2.45, 2.75) is 38.1 Å². The Kier molecular flexibility index (Phi) is 3.96. The topological polar surface area (TPSA) is 60.2 Å². The maximum atomic E-state index is 12.3. The third-order valence-electron chi connectivity index (χ3n) is 4.80. The molecule has 1 aromatic heterocycles. The molecule has 2 aliphatic rings. The predicted molar refractivity (Wildman–Crippen MR) is 88.9 cm³/mol. The van der Waals surface area contributed by atoms with Crippen LogP contribution in [0.5, 0.6) is 5.75 Å². The number of ether oxygens (including phenoxy) is 1. The first-order valence-corrected chi connectivity index (χ1v) is 8.58. The van der Waals surface area contributed by atoms with Crippen LogP contribution in [0.4, 0.5) is 0 Å². The largest absolute Gasteiger partial charge is 0.484 e. The van der Waals surface area contributed by atoms with E-state index in [-0.39, 0.29) is 18.6 Å². The van der Waals surface area contributed by atoms with E-state index in [0.717, 1.165) is 24.4 Å². The summed E-state index contributed by atoms with van der Waals surface area (Å²) in [6.07, 6.45) is 5.43. The van der Waals surface area contributed by atoms with Crippen LogP contribution in [0.2, 0.25) is 0 Å². The van der Waals surface area contributed by atoms with Crippen molar-refractivity contribution in [3.63, 3.8) is 0 Å². The highest BCUT2D eigenvalue weighted by Gasteiger charge is 2.31. The fraction of sp³-hybridized carbons (Fsp3) is 0.500. The van der Waals surface area contributed by atoms with Gasteiger partial charge in [-0.2, -0.15) is 0 Å². The van der Waals surface area contributed by atoms with Gasteiger partial charge in [-0.05, 0) is 38.3 Å². The minimum absolute atomic E-state index is 0.0283. The maximum Gasteiger partial charge on any atom is 0.260 e. The summed E-state index contributed by atoms with van der Waals surface area (Å²) < 4.78 is 7.53. The van der Waals surface area contributed by atoms with E-state index >= 15 is 0 Å². The zero-order valence-corrected chi connectivity index (χ0v) is 13.9. The van der Waals surface area contributed by atoms with Crippen molar-refractivity contribution in [2.24, 2.45) is 0 Å². The summed E-state index contributed by atoms with van der Waals surface area (Å²) in [5.74, 6) is 1.37. The zero-order valence-electron chi connectivity index (χ0n) is 13.9. The fourth-order valence-corrected chi connectivity index (χ4v) is 3.09. The number of rotatable bonds is 5. The van der Waals surface area contributed by atoms with Crippen molar-refractivity contribution < 1.29 is 9.53 Å². The molecule has 0 radical (unpaired) electrons. The summed E-state index contributed by atoms with van der Waals surface area (Å²) in [7, 11) is 0. The van der Waals surface area contributed by atoms with Gasteiger partial charge in [0.05, 0.1) is 11.7 Å². The molecule has 2 fully saturated rings. The van der Waals surface area contributed by atoms with E-state index in [0.29, 0.717) is 12.5 Å². The molecule has 0 bridgehead atoms. The van der Waals surface area contributed by atoms with Crippen LogP contribution >= 0.6 is 0 Å². The molecule has 4 rings (SSSR count). The van der Waals surface area contributed by atoms with Gasteiger partial charge in [0, 0.05) is 25.2 Å². The Hall–Kier alpha value is -2.37. The van der Waals surface area contributed by atoms with Crippen molar-refractivity contribution in [2.75, 3.05) is 19.7 Å². The number of hydrogen-bond donors (Lipinski definition) is 0.